The van der Waals surface area contributed by atoms with Crippen LogP contribution < -0.4 is 10.1 Å². The number of rotatable bonds is 4. The van der Waals surface area contributed by atoms with Gasteiger partial charge in [0.15, 0.2) is 5.17 Å². The van der Waals surface area contributed by atoms with Crippen molar-refractivity contribution in [3.05, 3.63) is 63.5 Å². The normalized spacial score (nSPS) is 17.2. The Bertz CT molecular complexity index is 877. The number of aryl methyl sites for hydroxylation is 1. The number of amidine groups is 1. The lowest BCUT2D eigenvalue weighted by Gasteiger charge is -2.06. The molecule has 1 saturated heterocycles. The van der Waals surface area contributed by atoms with Gasteiger partial charge in [0, 0.05) is 10.6 Å². The van der Waals surface area contributed by atoms with Crippen LogP contribution in [0, 0.1) is 6.92 Å². The molecule has 1 aliphatic rings. The van der Waals surface area contributed by atoms with Crippen LogP contribution in [0.3, 0.4) is 0 Å². The molecular weight excluding hydrogens is 356 g/mol. The molecular formula is C19H17ClN2O2S. The maximum absolute atomic E-state index is 12.3. The highest BCUT2D eigenvalue weighted by molar-refractivity contribution is 8.18. The second-order valence-electron chi connectivity index (χ2n) is 5.38. The van der Waals surface area contributed by atoms with E-state index in [1.165, 1.54) is 11.8 Å². The molecule has 6 heteroatoms. The summed E-state index contributed by atoms with van der Waals surface area (Å²) >= 11 is 7.33. The van der Waals surface area contributed by atoms with Gasteiger partial charge >= 0.3 is 0 Å². The zero-order valence-corrected chi connectivity index (χ0v) is 15.4. The van der Waals surface area contributed by atoms with Crippen LogP contribution in [-0.4, -0.2) is 17.7 Å². The van der Waals surface area contributed by atoms with Crippen molar-refractivity contribution in [2.24, 2.45) is 4.99 Å². The molecule has 128 valence electrons. The van der Waals surface area contributed by atoms with Gasteiger partial charge in [-0.2, -0.15) is 0 Å². The molecule has 3 rings (SSSR count). The minimum Gasteiger partial charge on any atom is -0.493 e. The highest BCUT2D eigenvalue weighted by atomic mass is 35.5. The van der Waals surface area contributed by atoms with Crippen molar-refractivity contribution in [1.82, 2.24) is 5.32 Å². The highest BCUT2D eigenvalue weighted by Gasteiger charge is 2.24. The number of benzene rings is 2. The topological polar surface area (TPSA) is 50.7 Å². The lowest BCUT2D eigenvalue weighted by Crippen LogP contribution is -2.19. The number of nitrogens with one attached hydrogen (secondary N) is 1. The van der Waals surface area contributed by atoms with E-state index in [4.69, 9.17) is 16.3 Å². The summed E-state index contributed by atoms with van der Waals surface area (Å²) in [4.78, 5) is 17.3. The zero-order chi connectivity index (χ0) is 17.8. The summed E-state index contributed by atoms with van der Waals surface area (Å²) in [5.41, 5.74) is 2.60. The van der Waals surface area contributed by atoms with Gasteiger partial charge in [0.2, 0.25) is 0 Å². The van der Waals surface area contributed by atoms with Crippen LogP contribution in [-0.2, 0) is 4.79 Å². The van der Waals surface area contributed by atoms with Crippen LogP contribution >= 0.6 is 23.4 Å². The van der Waals surface area contributed by atoms with Gasteiger partial charge in [0.05, 0.1) is 17.2 Å². The number of carbonyl (C=O) groups is 1. The van der Waals surface area contributed by atoms with Gasteiger partial charge < -0.3 is 10.1 Å². The molecule has 1 amide bonds. The Morgan fingerprint density at radius 1 is 1.28 bits per heavy atom. The van der Waals surface area contributed by atoms with Gasteiger partial charge in [0.1, 0.15) is 5.75 Å². The Morgan fingerprint density at radius 3 is 2.88 bits per heavy atom. The second kappa shape index (κ2) is 7.76. The predicted octanol–water partition coefficient (Wildman–Crippen LogP) is 4.94. The quantitative estimate of drug-likeness (QED) is 0.773. The number of hydrogen-bond acceptors (Lipinski definition) is 4. The standard InChI is InChI=1S/C19H17ClN2O2S/c1-3-24-16-7-5-4-6-13(16)10-17-18(23)22-19(25-17)21-15-11-14(20)9-8-12(15)2/h4-11H,3H2,1-2H3,(H,21,22,23)/b17-10-. The van der Waals surface area contributed by atoms with Gasteiger partial charge in [0.25, 0.3) is 5.91 Å². The number of carbonyl (C=O) groups excluding carboxylic acids is 1. The maximum Gasteiger partial charge on any atom is 0.264 e. The molecule has 0 aliphatic carbocycles. The summed E-state index contributed by atoms with van der Waals surface area (Å²) in [6.07, 6.45) is 1.82. The highest BCUT2D eigenvalue weighted by Crippen LogP contribution is 2.31. The van der Waals surface area contributed by atoms with Gasteiger partial charge in [-0.1, -0.05) is 35.9 Å². The monoisotopic (exact) mass is 372 g/mol. The van der Waals surface area contributed by atoms with Gasteiger partial charge in [-0.3, -0.25) is 4.79 Å². The van der Waals surface area contributed by atoms with Crippen LogP contribution in [0.1, 0.15) is 18.1 Å². The van der Waals surface area contributed by atoms with E-state index >= 15 is 0 Å². The number of nitrogens with zero attached hydrogens (tertiary/aromatic N) is 1. The minimum absolute atomic E-state index is 0.172. The fourth-order valence-corrected chi connectivity index (χ4v) is 3.31. The summed E-state index contributed by atoms with van der Waals surface area (Å²) in [5.74, 6) is 0.580. The van der Waals surface area contributed by atoms with Gasteiger partial charge in [-0.25, -0.2) is 4.99 Å². The Balaban J connectivity index is 1.88. The third-order valence-electron chi connectivity index (χ3n) is 3.55. The first-order chi connectivity index (χ1) is 12.1. The number of halogens is 1. The molecule has 2 aromatic carbocycles. The van der Waals surface area contributed by atoms with Crippen molar-refractivity contribution in [2.75, 3.05) is 6.61 Å². The molecule has 0 unspecified atom stereocenters. The molecule has 0 bridgehead atoms. The largest absolute Gasteiger partial charge is 0.493 e. The molecule has 0 saturated carbocycles. The first-order valence-corrected chi connectivity index (χ1v) is 9.04. The number of aliphatic imine (C=N–C) groups is 1. The van der Waals surface area contributed by atoms with E-state index in [9.17, 15) is 4.79 Å². The van der Waals surface area contributed by atoms with Crippen LogP contribution in [0.2, 0.25) is 5.02 Å². The first-order valence-electron chi connectivity index (χ1n) is 7.84. The third-order valence-corrected chi connectivity index (χ3v) is 4.69. The van der Waals surface area contributed by atoms with E-state index in [-0.39, 0.29) is 5.91 Å². The number of thioether (sulfide) groups is 1. The van der Waals surface area contributed by atoms with E-state index in [0.717, 1.165) is 22.6 Å². The summed E-state index contributed by atoms with van der Waals surface area (Å²) in [7, 11) is 0. The number of para-hydroxylation sites is 1. The van der Waals surface area contributed by atoms with E-state index < -0.39 is 0 Å². The Hall–Kier alpha value is -2.24. The number of hydrogen-bond donors (Lipinski definition) is 1. The summed E-state index contributed by atoms with van der Waals surface area (Å²) in [5, 5.41) is 3.94. The summed E-state index contributed by atoms with van der Waals surface area (Å²) in [6.45, 7) is 4.45. The molecule has 1 heterocycles. The fraction of sp³-hybridized carbons (Fsp3) is 0.158. The van der Waals surface area contributed by atoms with Crippen molar-refractivity contribution in [3.63, 3.8) is 0 Å². The third kappa shape index (κ3) is 4.24. The maximum atomic E-state index is 12.3. The Labute approximate surface area is 155 Å². The number of amides is 1. The SMILES string of the molecule is CCOc1ccccc1/C=C1\SC(=Nc2cc(Cl)ccc2C)NC1=O. The molecule has 0 spiro atoms. The van der Waals surface area contributed by atoms with Gasteiger partial charge in [-0.05, 0) is 55.4 Å². The number of ether oxygens (including phenoxy) is 1. The lowest BCUT2D eigenvalue weighted by molar-refractivity contribution is -0.115. The fourth-order valence-electron chi connectivity index (χ4n) is 2.32. The first kappa shape index (κ1) is 17.6. The Kier molecular flexibility index (Phi) is 5.46. The van der Waals surface area contributed by atoms with E-state index in [2.05, 4.69) is 10.3 Å². The predicted molar refractivity (Wildman–Crippen MR) is 105 cm³/mol. The molecule has 4 nitrogen and oxygen atoms in total. The zero-order valence-electron chi connectivity index (χ0n) is 13.9. The van der Waals surface area contributed by atoms with Crippen molar-refractivity contribution < 1.29 is 9.53 Å². The van der Waals surface area contributed by atoms with Crippen LogP contribution in [0.15, 0.2) is 52.4 Å². The molecule has 1 aliphatic heterocycles. The van der Waals surface area contributed by atoms with Crippen LogP contribution in [0.25, 0.3) is 6.08 Å². The van der Waals surface area contributed by atoms with Crippen LogP contribution in [0.4, 0.5) is 5.69 Å². The van der Waals surface area contributed by atoms with E-state index in [0.29, 0.717) is 21.7 Å². The van der Waals surface area contributed by atoms with Crippen molar-refractivity contribution in [1.29, 1.82) is 0 Å². The molecule has 1 N–H and O–H groups in total. The smallest absolute Gasteiger partial charge is 0.264 e. The molecule has 0 atom stereocenters. The van der Waals surface area contributed by atoms with Gasteiger partial charge in [-0.15, -0.1) is 0 Å². The second-order valence-corrected chi connectivity index (χ2v) is 6.85. The van der Waals surface area contributed by atoms with E-state index in [1.807, 2.05) is 56.3 Å². The van der Waals surface area contributed by atoms with Crippen molar-refractivity contribution in [2.45, 2.75) is 13.8 Å². The molecule has 0 aromatic heterocycles. The lowest BCUT2D eigenvalue weighted by atomic mass is 10.2. The Morgan fingerprint density at radius 2 is 2.08 bits per heavy atom. The summed E-state index contributed by atoms with van der Waals surface area (Å²) in [6, 6.07) is 13.1. The van der Waals surface area contributed by atoms with Crippen molar-refractivity contribution in [3.8, 4) is 5.75 Å². The average molecular weight is 373 g/mol. The summed E-state index contributed by atoms with van der Waals surface area (Å²) < 4.78 is 5.60. The van der Waals surface area contributed by atoms with E-state index in [1.54, 1.807) is 6.07 Å². The van der Waals surface area contributed by atoms with Crippen molar-refractivity contribution >= 4 is 46.2 Å². The van der Waals surface area contributed by atoms with Crippen LogP contribution in [0.5, 0.6) is 5.75 Å². The molecule has 25 heavy (non-hydrogen) atoms. The minimum atomic E-state index is -0.172. The average Bonchev–Trinajstić information content (AvgIpc) is 2.92. The molecule has 0 radical (unpaired) electrons. The molecule has 1 fully saturated rings. The molecule has 2 aromatic rings.